The summed E-state index contributed by atoms with van der Waals surface area (Å²) in [5, 5.41) is 0. The number of aryl methyl sites for hydroxylation is 3. The first kappa shape index (κ1) is 19.1. The van der Waals surface area contributed by atoms with Crippen molar-refractivity contribution in [2.75, 3.05) is 17.2 Å². The summed E-state index contributed by atoms with van der Waals surface area (Å²) in [5.41, 5.74) is 22.5. The van der Waals surface area contributed by atoms with E-state index >= 15 is 0 Å². The summed E-state index contributed by atoms with van der Waals surface area (Å²) in [5.74, 6) is 0. The predicted octanol–water partition coefficient (Wildman–Crippen LogP) is 4.73. The fraction of sp³-hybridized carbons (Fsp3) is 0.143. The van der Waals surface area contributed by atoms with Crippen LogP contribution in [0, 0.1) is 20.8 Å². The van der Waals surface area contributed by atoms with Crippen LogP contribution in [0.5, 0.6) is 0 Å². The molecule has 0 amide bonds. The molecule has 0 aliphatic heterocycles. The molecule has 0 bridgehead atoms. The summed E-state index contributed by atoms with van der Waals surface area (Å²) in [6, 6.07) is 23.4. The Bertz CT molecular complexity index is 533. The highest BCUT2D eigenvalue weighted by molar-refractivity contribution is 5.39. The molecule has 0 spiro atoms. The molecule has 0 aliphatic rings. The van der Waals surface area contributed by atoms with Gasteiger partial charge in [-0.3, -0.25) is 0 Å². The molecule has 0 atom stereocenters. The summed E-state index contributed by atoms with van der Waals surface area (Å²) in [4.78, 5) is 0. The quantitative estimate of drug-likeness (QED) is 0.524. The van der Waals surface area contributed by atoms with Gasteiger partial charge in [-0.1, -0.05) is 53.1 Å². The monoisotopic (exact) mass is 321 g/mol. The largest absolute Gasteiger partial charge is 0.399 e. The second kappa shape index (κ2) is 9.95. The van der Waals surface area contributed by atoms with Crippen LogP contribution in [0.1, 0.15) is 16.7 Å². The summed E-state index contributed by atoms with van der Waals surface area (Å²) in [6.45, 7) is 6.12. The summed E-state index contributed by atoms with van der Waals surface area (Å²) >= 11 is 0. The van der Waals surface area contributed by atoms with Gasteiger partial charge in [0.15, 0.2) is 0 Å². The lowest BCUT2D eigenvalue weighted by molar-refractivity contribution is 1.47. The molecule has 0 aliphatic carbocycles. The fourth-order valence-electron chi connectivity index (χ4n) is 1.70. The molecule has 3 aromatic rings. The molecule has 3 nitrogen and oxygen atoms in total. The van der Waals surface area contributed by atoms with Crippen LogP contribution in [-0.4, -0.2) is 0 Å². The van der Waals surface area contributed by atoms with Crippen LogP contribution in [0.2, 0.25) is 0 Å². The van der Waals surface area contributed by atoms with Gasteiger partial charge in [-0.25, -0.2) is 0 Å². The molecule has 0 aromatic heterocycles. The van der Waals surface area contributed by atoms with E-state index in [2.05, 4.69) is 0 Å². The van der Waals surface area contributed by atoms with Crippen LogP contribution in [0.4, 0.5) is 17.1 Å². The third-order valence-electron chi connectivity index (χ3n) is 3.23. The van der Waals surface area contributed by atoms with Gasteiger partial charge in [0.1, 0.15) is 0 Å². The van der Waals surface area contributed by atoms with Gasteiger partial charge < -0.3 is 17.2 Å². The number of nitrogen functional groups attached to an aromatic ring is 3. The average Bonchev–Trinajstić information content (AvgIpc) is 2.57. The van der Waals surface area contributed by atoms with Crippen molar-refractivity contribution >= 4 is 17.1 Å². The Morgan fingerprint density at radius 3 is 0.667 bits per heavy atom. The molecular weight excluding hydrogens is 294 g/mol. The van der Waals surface area contributed by atoms with E-state index in [0.29, 0.717) is 0 Å². The van der Waals surface area contributed by atoms with Crippen molar-refractivity contribution in [3.63, 3.8) is 0 Å². The first-order chi connectivity index (χ1) is 11.4. The third-order valence-corrected chi connectivity index (χ3v) is 3.23. The second-order valence-electron chi connectivity index (χ2n) is 5.73. The molecular formula is C21H27N3. The average molecular weight is 321 g/mol. The molecule has 24 heavy (non-hydrogen) atoms. The lowest BCUT2D eigenvalue weighted by Gasteiger charge is -1.90. The Hall–Kier alpha value is -2.94. The molecule has 0 unspecified atom stereocenters. The Kier molecular flexibility index (Phi) is 7.92. The maximum atomic E-state index is 5.43. The zero-order valence-electron chi connectivity index (χ0n) is 14.7. The van der Waals surface area contributed by atoms with Crippen LogP contribution in [-0.2, 0) is 0 Å². The predicted molar refractivity (Wildman–Crippen MR) is 107 cm³/mol. The van der Waals surface area contributed by atoms with Gasteiger partial charge in [-0.05, 0) is 57.2 Å². The van der Waals surface area contributed by atoms with Crippen molar-refractivity contribution in [3.8, 4) is 0 Å². The van der Waals surface area contributed by atoms with Crippen LogP contribution in [0.3, 0.4) is 0 Å². The van der Waals surface area contributed by atoms with E-state index in [9.17, 15) is 0 Å². The fourth-order valence-corrected chi connectivity index (χ4v) is 1.70. The summed E-state index contributed by atoms with van der Waals surface area (Å²) in [6.07, 6.45) is 0. The minimum absolute atomic E-state index is 0.829. The van der Waals surface area contributed by atoms with E-state index in [1.807, 2.05) is 93.6 Å². The van der Waals surface area contributed by atoms with Crippen molar-refractivity contribution < 1.29 is 0 Å². The van der Waals surface area contributed by atoms with Gasteiger partial charge in [0.05, 0.1) is 0 Å². The Labute approximate surface area is 145 Å². The van der Waals surface area contributed by atoms with E-state index < -0.39 is 0 Å². The molecule has 0 heterocycles. The molecule has 0 saturated carbocycles. The highest BCUT2D eigenvalue weighted by atomic mass is 14.5. The van der Waals surface area contributed by atoms with E-state index in [-0.39, 0.29) is 0 Å². The lowest BCUT2D eigenvalue weighted by atomic mass is 10.2. The van der Waals surface area contributed by atoms with Crippen LogP contribution < -0.4 is 17.2 Å². The third kappa shape index (κ3) is 8.49. The Morgan fingerprint density at radius 1 is 0.375 bits per heavy atom. The highest BCUT2D eigenvalue weighted by Gasteiger charge is 1.81. The number of benzene rings is 3. The Balaban J connectivity index is 0.000000180. The van der Waals surface area contributed by atoms with Gasteiger partial charge in [-0.15, -0.1) is 0 Å². The van der Waals surface area contributed by atoms with Gasteiger partial charge in [-0.2, -0.15) is 0 Å². The summed E-state index contributed by atoms with van der Waals surface area (Å²) < 4.78 is 0. The highest BCUT2D eigenvalue weighted by Crippen LogP contribution is 2.03. The first-order valence-corrected chi connectivity index (χ1v) is 7.83. The van der Waals surface area contributed by atoms with Gasteiger partial charge in [0, 0.05) is 17.1 Å². The first-order valence-electron chi connectivity index (χ1n) is 7.83. The van der Waals surface area contributed by atoms with Crippen LogP contribution in [0.25, 0.3) is 0 Å². The minimum atomic E-state index is 0.829. The number of hydrogen-bond acceptors (Lipinski definition) is 3. The zero-order chi connectivity index (χ0) is 17.9. The Morgan fingerprint density at radius 2 is 0.542 bits per heavy atom. The SMILES string of the molecule is Cc1ccc(N)cc1.Cc1ccc(N)cc1.Cc1ccc(N)cc1. The molecule has 3 rings (SSSR count). The van der Waals surface area contributed by atoms with Gasteiger partial charge in [0.25, 0.3) is 0 Å². The number of anilines is 3. The standard InChI is InChI=1S/3C7H9N/c3*1-6-2-4-7(8)5-3-6/h3*2-5H,8H2,1H3. The molecule has 6 N–H and O–H groups in total. The topological polar surface area (TPSA) is 78.1 Å². The minimum Gasteiger partial charge on any atom is -0.399 e. The van der Waals surface area contributed by atoms with Gasteiger partial charge >= 0.3 is 0 Å². The van der Waals surface area contributed by atoms with Crippen LogP contribution >= 0.6 is 0 Å². The van der Waals surface area contributed by atoms with Crippen molar-refractivity contribution in [1.82, 2.24) is 0 Å². The number of rotatable bonds is 0. The van der Waals surface area contributed by atoms with Crippen molar-refractivity contribution in [1.29, 1.82) is 0 Å². The molecule has 0 fully saturated rings. The second-order valence-corrected chi connectivity index (χ2v) is 5.73. The van der Waals surface area contributed by atoms with Crippen molar-refractivity contribution in [2.45, 2.75) is 20.8 Å². The molecule has 3 aromatic carbocycles. The van der Waals surface area contributed by atoms with E-state index in [1.54, 1.807) is 0 Å². The molecule has 0 saturated heterocycles. The molecule has 0 radical (unpaired) electrons. The van der Waals surface area contributed by atoms with Crippen LogP contribution in [0.15, 0.2) is 72.8 Å². The normalized spacial score (nSPS) is 9.12. The van der Waals surface area contributed by atoms with Crippen molar-refractivity contribution in [2.24, 2.45) is 0 Å². The van der Waals surface area contributed by atoms with Crippen molar-refractivity contribution in [3.05, 3.63) is 89.5 Å². The molecule has 126 valence electrons. The lowest BCUT2D eigenvalue weighted by Crippen LogP contribution is -1.81. The maximum Gasteiger partial charge on any atom is 0.0314 e. The smallest absolute Gasteiger partial charge is 0.0314 e. The number of nitrogens with two attached hydrogens (primary N) is 3. The van der Waals surface area contributed by atoms with E-state index in [1.165, 1.54) is 16.7 Å². The maximum absolute atomic E-state index is 5.43. The van der Waals surface area contributed by atoms with E-state index in [4.69, 9.17) is 17.2 Å². The zero-order valence-corrected chi connectivity index (χ0v) is 14.7. The van der Waals surface area contributed by atoms with E-state index in [0.717, 1.165) is 17.1 Å². The molecule has 3 heteroatoms. The number of hydrogen-bond donors (Lipinski definition) is 3. The summed E-state index contributed by atoms with van der Waals surface area (Å²) in [7, 11) is 0. The van der Waals surface area contributed by atoms with Gasteiger partial charge in [0.2, 0.25) is 0 Å².